The number of likely N-dealkylation sites (tertiary alicyclic amines) is 2. The van der Waals surface area contributed by atoms with Gasteiger partial charge in [0.15, 0.2) is 0 Å². The lowest BCUT2D eigenvalue weighted by Crippen LogP contribution is -2.59. The molecule has 4 aliphatic rings. The molecule has 2 aliphatic heterocycles. The first-order chi connectivity index (χ1) is 34.4. The first-order valence-electron chi connectivity index (χ1n) is 25.2. The van der Waals surface area contributed by atoms with Crippen molar-refractivity contribution in [1.82, 2.24) is 40.4 Å². The van der Waals surface area contributed by atoms with Crippen molar-refractivity contribution >= 4 is 67.6 Å². The lowest BCUT2D eigenvalue weighted by Gasteiger charge is -2.45. The number of carbonyl (C=O) groups excluding carboxylic acids is 4. The quantitative estimate of drug-likeness (QED) is 0.0874. The van der Waals surface area contributed by atoms with Crippen LogP contribution in [0.25, 0.3) is 54.7 Å². The summed E-state index contributed by atoms with van der Waals surface area (Å²) in [5.41, 5.74) is 5.59. The van der Waals surface area contributed by atoms with Crippen LogP contribution in [0.2, 0.25) is 0 Å². The zero-order chi connectivity index (χ0) is 49.1. The van der Waals surface area contributed by atoms with Gasteiger partial charge in [-0.05, 0) is 115 Å². The van der Waals surface area contributed by atoms with E-state index < -0.39 is 29.8 Å². The van der Waals surface area contributed by atoms with Crippen molar-refractivity contribution in [2.75, 3.05) is 34.0 Å². The second-order valence-electron chi connectivity index (χ2n) is 20.8. The number of amides is 4. The first kappa shape index (κ1) is 46.4. The molecule has 7 aromatic rings. The van der Waals surface area contributed by atoms with Crippen LogP contribution in [0.4, 0.5) is 9.59 Å². The van der Waals surface area contributed by atoms with E-state index in [9.17, 15) is 19.2 Å². The molecule has 2 saturated carbocycles. The molecule has 71 heavy (non-hydrogen) atoms. The van der Waals surface area contributed by atoms with Gasteiger partial charge in [-0.15, -0.1) is 0 Å². The second-order valence-corrected chi connectivity index (χ2v) is 20.8. The van der Waals surface area contributed by atoms with Crippen LogP contribution >= 0.6 is 0 Å². The fourth-order valence-electron chi connectivity index (χ4n) is 12.1. The van der Waals surface area contributed by atoms with Crippen molar-refractivity contribution in [1.29, 1.82) is 0 Å². The molecule has 0 radical (unpaired) electrons. The number of nitrogens with zero attached hydrogens (tertiary/aromatic N) is 4. The average Bonchev–Trinajstić information content (AvgIpc) is 4.23. The number of ether oxygens (including phenoxy) is 3. The number of hydrogen-bond acceptors (Lipinski definition) is 9. The number of methoxy groups -OCH3 is 2. The Morgan fingerprint density at radius 2 is 1.38 bits per heavy atom. The highest BCUT2D eigenvalue weighted by molar-refractivity contribution is 6.07. The topological polar surface area (TPSA) is 184 Å². The van der Waals surface area contributed by atoms with Crippen molar-refractivity contribution in [3.05, 3.63) is 108 Å². The fourth-order valence-corrected chi connectivity index (χ4v) is 12.1. The summed E-state index contributed by atoms with van der Waals surface area (Å²) in [5.74, 6) is 1.93. The number of aromatic nitrogens is 4. The number of H-pyrrole nitrogens is 2. The Morgan fingerprint density at radius 3 is 2.03 bits per heavy atom. The van der Waals surface area contributed by atoms with Crippen LogP contribution in [-0.4, -0.2) is 99.8 Å². The molecular formula is C56H62N8O7. The van der Waals surface area contributed by atoms with Gasteiger partial charge in [0.2, 0.25) is 5.91 Å². The van der Waals surface area contributed by atoms with Crippen LogP contribution in [-0.2, 0) is 29.3 Å². The van der Waals surface area contributed by atoms with Crippen LogP contribution < -0.4 is 10.6 Å². The predicted molar refractivity (Wildman–Crippen MR) is 271 cm³/mol. The smallest absolute Gasteiger partial charge is 0.407 e. The first-order valence-corrected chi connectivity index (χ1v) is 25.2. The molecule has 4 fully saturated rings. The van der Waals surface area contributed by atoms with E-state index in [1.807, 2.05) is 54.0 Å². The van der Waals surface area contributed by atoms with Gasteiger partial charge < -0.3 is 44.6 Å². The third-order valence-corrected chi connectivity index (χ3v) is 16.2. The Bertz CT molecular complexity index is 3180. The maximum absolute atomic E-state index is 14.7. The second kappa shape index (κ2) is 18.6. The van der Waals surface area contributed by atoms with E-state index in [-0.39, 0.29) is 41.7 Å². The van der Waals surface area contributed by atoms with E-state index in [1.165, 1.54) is 33.5 Å². The van der Waals surface area contributed by atoms with Crippen LogP contribution in [0.1, 0.15) is 95.0 Å². The molecule has 2 bridgehead atoms. The third-order valence-electron chi connectivity index (χ3n) is 16.2. The van der Waals surface area contributed by atoms with E-state index in [4.69, 9.17) is 24.2 Å². The minimum atomic E-state index is -0.942. The van der Waals surface area contributed by atoms with E-state index in [0.29, 0.717) is 36.9 Å². The number of hydrogen-bond donors (Lipinski definition) is 4. The summed E-state index contributed by atoms with van der Waals surface area (Å²) >= 11 is 0. The number of aromatic amines is 2. The van der Waals surface area contributed by atoms with Crippen LogP contribution in [0.15, 0.2) is 91.0 Å². The summed E-state index contributed by atoms with van der Waals surface area (Å²) in [6.07, 6.45) is 5.86. The van der Waals surface area contributed by atoms with Gasteiger partial charge in [0.05, 0.1) is 48.9 Å². The van der Waals surface area contributed by atoms with Crippen LogP contribution in [0.3, 0.4) is 0 Å². The largest absolute Gasteiger partial charge is 0.453 e. The van der Waals surface area contributed by atoms with Crippen molar-refractivity contribution in [3.8, 4) is 11.1 Å². The highest BCUT2D eigenvalue weighted by Gasteiger charge is 2.59. The number of fused-ring (bicyclic) bond motifs is 8. The molecule has 2 saturated heterocycles. The fraction of sp³-hybridized carbons (Fsp3) is 0.429. The highest BCUT2D eigenvalue weighted by atomic mass is 16.5. The Morgan fingerprint density at radius 1 is 0.732 bits per heavy atom. The number of benzene rings is 5. The molecule has 2 aromatic heterocycles. The van der Waals surface area contributed by atoms with Gasteiger partial charge in [-0.1, -0.05) is 87.0 Å². The zero-order valence-corrected chi connectivity index (χ0v) is 41.0. The summed E-state index contributed by atoms with van der Waals surface area (Å²) in [7, 11) is 2.61. The van der Waals surface area contributed by atoms with Gasteiger partial charge in [0.1, 0.15) is 29.3 Å². The maximum atomic E-state index is 14.7. The normalized spacial score (nSPS) is 22.9. The van der Waals surface area contributed by atoms with Gasteiger partial charge in [-0.3, -0.25) is 9.59 Å². The standard InChI is InChI=1S/C56H62N8O7/c1-31(2)46(61-54(67)69-4)52(66)64-40-19-18-39(27-40)56(64,3)53-58-44-23-17-38-26-36(15-21-42(38)49(44)60-53)35-14-20-41-37(25-35)16-22-43-48(41)59-50(57-43)45-24-33(30-71-29-32-10-9-11-32)28-63(45)51(65)47(62-55(68)70-5)34-12-7-6-8-13-34/h6-8,12-17,20-23,25-26,31-33,39-40,45-47H,9-11,18-19,24,27-30H2,1-5H3,(H,57,59)(H,58,60)(H,61,67)(H,62,68)/t33-,39+,40-,45-,46-,47+,56?/m0/s1. The number of nitrogens with one attached hydrogen (secondary N) is 4. The molecule has 7 atom stereocenters. The number of piperidine rings is 1. The molecular weight excluding hydrogens is 897 g/mol. The van der Waals surface area contributed by atoms with Gasteiger partial charge in [-0.2, -0.15) is 0 Å². The predicted octanol–water partition coefficient (Wildman–Crippen LogP) is 9.82. The summed E-state index contributed by atoms with van der Waals surface area (Å²) in [6, 6.07) is 28.6. The SMILES string of the molecule is COC(=O)N[C@H](C(=O)N1[C@H]2CC[C@H](C2)C1(C)c1nc2c(ccc3cc(-c4ccc5c(ccc6[nH]c([C@@H]7C[C@H](COCC8CCC8)CN7C(=O)[C@H](NC(=O)OC)c7ccccc7)nc65)c4)ccc32)[nH]1)C(C)C. The maximum Gasteiger partial charge on any atom is 0.407 e. The van der Waals surface area contributed by atoms with Gasteiger partial charge in [0, 0.05) is 35.9 Å². The minimum absolute atomic E-state index is 0.0719. The number of rotatable bonds is 13. The number of alkyl carbamates (subject to hydrolysis) is 2. The highest BCUT2D eigenvalue weighted by Crippen LogP contribution is 2.54. The van der Waals surface area contributed by atoms with Crippen molar-refractivity contribution in [2.45, 2.75) is 95.4 Å². The van der Waals surface area contributed by atoms with Crippen LogP contribution in [0.5, 0.6) is 0 Å². The summed E-state index contributed by atoms with van der Waals surface area (Å²) in [4.78, 5) is 75.6. The molecule has 15 nitrogen and oxygen atoms in total. The van der Waals surface area contributed by atoms with Crippen molar-refractivity contribution < 1.29 is 33.4 Å². The molecule has 5 aromatic carbocycles. The molecule has 11 rings (SSSR count). The molecule has 4 heterocycles. The Balaban J connectivity index is 0.879. The molecule has 4 amide bonds. The molecule has 0 spiro atoms. The van der Waals surface area contributed by atoms with Gasteiger partial charge in [0.25, 0.3) is 5.91 Å². The van der Waals surface area contributed by atoms with Crippen LogP contribution in [0, 0.1) is 23.7 Å². The lowest BCUT2D eigenvalue weighted by atomic mass is 9.83. The lowest BCUT2D eigenvalue weighted by molar-refractivity contribution is -0.144. The van der Waals surface area contributed by atoms with Gasteiger partial charge in [-0.25, -0.2) is 19.6 Å². The van der Waals surface area contributed by atoms with E-state index in [0.717, 1.165) is 86.4 Å². The van der Waals surface area contributed by atoms with Gasteiger partial charge >= 0.3 is 12.2 Å². The summed E-state index contributed by atoms with van der Waals surface area (Å²) in [6.45, 7) is 7.76. The zero-order valence-electron chi connectivity index (χ0n) is 41.0. The summed E-state index contributed by atoms with van der Waals surface area (Å²) < 4.78 is 16.1. The Kier molecular flexibility index (Phi) is 12.2. The molecule has 1 unspecified atom stereocenters. The van der Waals surface area contributed by atoms with E-state index in [1.54, 1.807) is 0 Å². The molecule has 2 aliphatic carbocycles. The Labute approximate surface area is 412 Å². The van der Waals surface area contributed by atoms with Crippen molar-refractivity contribution in [3.63, 3.8) is 0 Å². The van der Waals surface area contributed by atoms with Crippen molar-refractivity contribution in [2.24, 2.45) is 23.7 Å². The monoisotopic (exact) mass is 958 g/mol. The molecule has 15 heteroatoms. The summed E-state index contributed by atoms with van der Waals surface area (Å²) in [5, 5.41) is 9.69. The Hall–Kier alpha value is -7.00. The number of imidazole rings is 2. The number of carbonyl (C=O) groups is 4. The minimum Gasteiger partial charge on any atom is -0.453 e. The van der Waals surface area contributed by atoms with E-state index >= 15 is 0 Å². The average molecular weight is 959 g/mol. The molecule has 4 N–H and O–H groups in total. The molecule has 368 valence electrons. The van der Waals surface area contributed by atoms with E-state index in [2.05, 4.69) is 88.2 Å². The third kappa shape index (κ3) is 8.31.